The van der Waals surface area contributed by atoms with Gasteiger partial charge in [0, 0.05) is 37.4 Å². The normalized spacial score (nSPS) is 17.3. The van der Waals surface area contributed by atoms with Crippen molar-refractivity contribution in [1.82, 2.24) is 10.2 Å². The Morgan fingerprint density at radius 1 is 1.06 bits per heavy atom. The smallest absolute Gasteiger partial charge is 0.242 e. The summed E-state index contributed by atoms with van der Waals surface area (Å²) in [5.41, 5.74) is 1.77. The van der Waals surface area contributed by atoms with Crippen LogP contribution in [0.4, 0.5) is 5.69 Å². The molecule has 8 nitrogen and oxygen atoms in total. The van der Waals surface area contributed by atoms with Crippen LogP contribution in [0.5, 0.6) is 0 Å². The third-order valence-corrected chi connectivity index (χ3v) is 7.31. The molecular formula is C27H39N3O5S. The highest BCUT2D eigenvalue weighted by atomic mass is 32.2. The van der Waals surface area contributed by atoms with Crippen LogP contribution in [-0.4, -0.2) is 58.4 Å². The molecule has 2 N–H and O–H groups in total. The lowest BCUT2D eigenvalue weighted by Gasteiger charge is -2.23. The molecule has 0 aromatic heterocycles. The number of nitrogens with zero attached hydrogens (tertiary/aromatic N) is 1. The third kappa shape index (κ3) is 8.76. The highest BCUT2D eigenvalue weighted by Gasteiger charge is 2.37. The van der Waals surface area contributed by atoms with Crippen molar-refractivity contribution < 1.29 is 24.0 Å². The minimum absolute atomic E-state index is 0.0375. The standard InChI is InChI=1S/C27H39N3O5S/c1-17(2)25(21(31)15-19(4)26(34)28-20-12-10-18(3)11-13-20)29-23(32)9-7-6-8-14-30-24(33)16-22(36-5)27(30)35/h10-13,17,19,22,25H,6-9,14-16H2,1-5H3,(H,28,34)(H,29,32)/t19-,22?,25+/m1/s1. The fourth-order valence-electron chi connectivity index (χ4n) is 4.09. The summed E-state index contributed by atoms with van der Waals surface area (Å²) in [4.78, 5) is 63.4. The highest BCUT2D eigenvalue weighted by Crippen LogP contribution is 2.23. The number of carbonyl (C=O) groups excluding carboxylic acids is 5. The van der Waals surface area contributed by atoms with E-state index in [0.717, 1.165) is 5.56 Å². The van der Waals surface area contributed by atoms with E-state index in [1.165, 1.54) is 16.7 Å². The van der Waals surface area contributed by atoms with Crippen LogP contribution in [0.2, 0.25) is 0 Å². The molecule has 198 valence electrons. The van der Waals surface area contributed by atoms with Crippen molar-refractivity contribution >= 4 is 46.9 Å². The molecule has 1 fully saturated rings. The molecule has 1 heterocycles. The zero-order valence-electron chi connectivity index (χ0n) is 22.0. The first-order chi connectivity index (χ1) is 17.0. The summed E-state index contributed by atoms with van der Waals surface area (Å²) in [7, 11) is 0. The Morgan fingerprint density at radius 3 is 2.31 bits per heavy atom. The summed E-state index contributed by atoms with van der Waals surface area (Å²) in [5, 5.41) is 5.39. The lowest BCUT2D eigenvalue weighted by atomic mass is 9.92. The van der Waals surface area contributed by atoms with E-state index in [0.29, 0.717) is 31.5 Å². The Hall–Kier alpha value is -2.68. The van der Waals surface area contributed by atoms with Gasteiger partial charge in [0.25, 0.3) is 0 Å². The van der Waals surface area contributed by atoms with Crippen LogP contribution >= 0.6 is 11.8 Å². The van der Waals surface area contributed by atoms with Gasteiger partial charge in [-0.05, 0) is 44.1 Å². The molecule has 1 unspecified atom stereocenters. The average molecular weight is 518 g/mol. The number of aryl methyl sites for hydroxylation is 1. The largest absolute Gasteiger partial charge is 0.346 e. The first-order valence-corrected chi connectivity index (χ1v) is 13.9. The molecule has 0 radical (unpaired) electrons. The van der Waals surface area contributed by atoms with Crippen LogP contribution in [0.3, 0.4) is 0 Å². The van der Waals surface area contributed by atoms with Gasteiger partial charge in [-0.3, -0.25) is 28.9 Å². The number of nitrogens with one attached hydrogen (secondary N) is 2. The topological polar surface area (TPSA) is 113 Å². The molecule has 4 amide bonds. The summed E-state index contributed by atoms with van der Waals surface area (Å²) < 4.78 is 0. The number of amides is 4. The molecule has 36 heavy (non-hydrogen) atoms. The van der Waals surface area contributed by atoms with Crippen LogP contribution in [0.25, 0.3) is 0 Å². The minimum atomic E-state index is -0.657. The SMILES string of the molecule is CSC1CC(=O)N(CCCCCC(=O)N[C@H](C(=O)C[C@@H](C)C(=O)Nc2ccc(C)cc2)C(C)C)C1=O. The van der Waals surface area contributed by atoms with Crippen LogP contribution in [0.15, 0.2) is 24.3 Å². The van der Waals surface area contributed by atoms with Gasteiger partial charge >= 0.3 is 0 Å². The number of thioether (sulfide) groups is 1. The second-order valence-electron chi connectivity index (χ2n) is 9.84. The molecular weight excluding hydrogens is 478 g/mol. The van der Waals surface area contributed by atoms with Crippen molar-refractivity contribution in [2.75, 3.05) is 18.1 Å². The molecule has 9 heteroatoms. The molecule has 1 aromatic rings. The van der Waals surface area contributed by atoms with Gasteiger partial charge in [-0.15, -0.1) is 0 Å². The fraction of sp³-hybridized carbons (Fsp3) is 0.593. The Morgan fingerprint density at radius 2 is 1.72 bits per heavy atom. The summed E-state index contributed by atoms with van der Waals surface area (Å²) >= 11 is 1.40. The molecule has 1 aliphatic heterocycles. The van der Waals surface area contributed by atoms with E-state index in [-0.39, 0.29) is 59.8 Å². The molecule has 0 spiro atoms. The number of unbranched alkanes of at least 4 members (excludes halogenated alkanes) is 2. The predicted octanol–water partition coefficient (Wildman–Crippen LogP) is 3.72. The van der Waals surface area contributed by atoms with E-state index in [2.05, 4.69) is 10.6 Å². The lowest BCUT2D eigenvalue weighted by Crippen LogP contribution is -2.45. The number of anilines is 1. The maximum Gasteiger partial charge on any atom is 0.242 e. The number of benzene rings is 1. The van der Waals surface area contributed by atoms with Crippen molar-refractivity contribution in [3.63, 3.8) is 0 Å². The van der Waals surface area contributed by atoms with E-state index < -0.39 is 12.0 Å². The van der Waals surface area contributed by atoms with Crippen LogP contribution in [0, 0.1) is 18.8 Å². The lowest BCUT2D eigenvalue weighted by molar-refractivity contribution is -0.138. The number of hydrogen-bond donors (Lipinski definition) is 2. The summed E-state index contributed by atoms with van der Waals surface area (Å²) in [6.07, 6.45) is 4.33. The zero-order valence-corrected chi connectivity index (χ0v) is 22.8. The number of hydrogen-bond acceptors (Lipinski definition) is 6. The van der Waals surface area contributed by atoms with Gasteiger partial charge in [0.15, 0.2) is 5.78 Å². The van der Waals surface area contributed by atoms with Gasteiger partial charge in [0.2, 0.25) is 23.6 Å². The second kappa shape index (κ2) is 14.2. The Labute approximate surface area is 218 Å². The van der Waals surface area contributed by atoms with Crippen LogP contribution in [0.1, 0.15) is 64.9 Å². The van der Waals surface area contributed by atoms with Crippen molar-refractivity contribution in [2.45, 2.75) is 77.5 Å². The molecule has 0 bridgehead atoms. The zero-order chi connectivity index (χ0) is 26.8. The fourth-order valence-corrected chi connectivity index (χ4v) is 4.73. The van der Waals surface area contributed by atoms with E-state index in [9.17, 15) is 24.0 Å². The quantitative estimate of drug-likeness (QED) is 0.287. The van der Waals surface area contributed by atoms with E-state index in [1.54, 1.807) is 6.92 Å². The van der Waals surface area contributed by atoms with Gasteiger partial charge in [0.1, 0.15) is 0 Å². The van der Waals surface area contributed by atoms with Gasteiger partial charge in [0.05, 0.1) is 11.3 Å². The van der Waals surface area contributed by atoms with Gasteiger partial charge < -0.3 is 10.6 Å². The minimum Gasteiger partial charge on any atom is -0.346 e. The maximum absolute atomic E-state index is 12.9. The molecule has 0 aliphatic carbocycles. The van der Waals surface area contributed by atoms with Crippen molar-refractivity contribution in [2.24, 2.45) is 11.8 Å². The van der Waals surface area contributed by atoms with Crippen molar-refractivity contribution in [3.05, 3.63) is 29.8 Å². The van der Waals surface area contributed by atoms with E-state index in [4.69, 9.17) is 0 Å². The Bertz CT molecular complexity index is 947. The summed E-state index contributed by atoms with van der Waals surface area (Å²) in [6, 6.07) is 6.79. The number of ketones is 1. The molecule has 1 saturated heterocycles. The summed E-state index contributed by atoms with van der Waals surface area (Å²) in [6.45, 7) is 7.79. The maximum atomic E-state index is 12.9. The molecule has 0 saturated carbocycles. The monoisotopic (exact) mass is 517 g/mol. The first-order valence-electron chi connectivity index (χ1n) is 12.6. The van der Waals surface area contributed by atoms with Gasteiger partial charge in [-0.1, -0.05) is 44.9 Å². The highest BCUT2D eigenvalue weighted by molar-refractivity contribution is 8.00. The third-order valence-electron chi connectivity index (χ3n) is 6.38. The predicted molar refractivity (Wildman–Crippen MR) is 142 cm³/mol. The number of rotatable bonds is 14. The van der Waals surface area contributed by atoms with Crippen LogP contribution in [-0.2, 0) is 24.0 Å². The van der Waals surface area contributed by atoms with Gasteiger partial charge in [-0.2, -0.15) is 11.8 Å². The number of imide groups is 1. The average Bonchev–Trinajstić information content (AvgIpc) is 3.10. The second-order valence-corrected chi connectivity index (χ2v) is 10.9. The Balaban J connectivity index is 1.74. The van der Waals surface area contributed by atoms with E-state index in [1.807, 2.05) is 51.3 Å². The molecule has 1 aliphatic rings. The van der Waals surface area contributed by atoms with Crippen molar-refractivity contribution in [3.8, 4) is 0 Å². The number of carbonyl (C=O) groups is 5. The van der Waals surface area contributed by atoms with Crippen LogP contribution < -0.4 is 10.6 Å². The van der Waals surface area contributed by atoms with E-state index >= 15 is 0 Å². The molecule has 2 rings (SSSR count). The first kappa shape index (κ1) is 29.5. The Kier molecular flexibility index (Phi) is 11.6. The molecule has 1 aromatic carbocycles. The number of Topliss-reactive ketones (excluding diaryl/α,β-unsaturated/α-hetero) is 1. The van der Waals surface area contributed by atoms with Crippen molar-refractivity contribution in [1.29, 1.82) is 0 Å². The number of likely N-dealkylation sites (tertiary alicyclic amines) is 1. The molecule has 3 atom stereocenters. The summed E-state index contributed by atoms with van der Waals surface area (Å²) in [5.74, 6) is -1.50. The van der Waals surface area contributed by atoms with Gasteiger partial charge in [-0.25, -0.2) is 0 Å².